The van der Waals surface area contributed by atoms with Gasteiger partial charge in [0.25, 0.3) is 0 Å². The molecule has 4 nitrogen and oxygen atoms in total. The molecule has 0 amide bonds. The molecular weight excluding hydrogens is 247 g/mol. The topological polar surface area (TPSA) is 44.2 Å². The van der Waals surface area contributed by atoms with E-state index in [9.17, 15) is 4.39 Å². The van der Waals surface area contributed by atoms with Gasteiger partial charge < -0.3 is 9.47 Å². The number of rotatable bonds is 3. The summed E-state index contributed by atoms with van der Waals surface area (Å²) >= 11 is 5.65. The molecule has 0 N–H and O–H groups in total. The van der Waals surface area contributed by atoms with Crippen molar-refractivity contribution in [3.63, 3.8) is 0 Å². The van der Waals surface area contributed by atoms with Gasteiger partial charge in [-0.25, -0.2) is 4.39 Å². The lowest BCUT2D eigenvalue weighted by atomic mass is 10.3. The summed E-state index contributed by atoms with van der Waals surface area (Å²) in [5.41, 5.74) is 0. The first-order chi connectivity index (χ1) is 8.20. The Morgan fingerprint density at radius 1 is 1.29 bits per heavy atom. The van der Waals surface area contributed by atoms with Gasteiger partial charge in [0.05, 0.1) is 19.5 Å². The lowest BCUT2D eigenvalue weighted by Gasteiger charge is -2.09. The highest BCUT2D eigenvalue weighted by atomic mass is 35.5. The molecule has 0 aliphatic carbocycles. The zero-order valence-corrected chi connectivity index (χ0v) is 9.61. The fourth-order valence-corrected chi connectivity index (χ4v) is 1.37. The fourth-order valence-electron chi connectivity index (χ4n) is 1.23. The van der Waals surface area contributed by atoms with Gasteiger partial charge in [0.1, 0.15) is 0 Å². The van der Waals surface area contributed by atoms with E-state index >= 15 is 0 Å². The number of benzene rings is 1. The van der Waals surface area contributed by atoms with Crippen LogP contribution in [0.25, 0.3) is 0 Å². The fraction of sp³-hybridized carbons (Fsp3) is 0.0909. The molecule has 1 aromatic heterocycles. The number of hydrogen-bond acceptors (Lipinski definition) is 4. The highest BCUT2D eigenvalue weighted by Crippen LogP contribution is 2.33. The Hall–Kier alpha value is -1.88. The first-order valence-electron chi connectivity index (χ1n) is 4.68. The molecule has 0 spiro atoms. The van der Waals surface area contributed by atoms with Crippen LogP contribution in [0.2, 0.25) is 5.15 Å². The third-order valence-corrected chi connectivity index (χ3v) is 2.12. The summed E-state index contributed by atoms with van der Waals surface area (Å²) in [5.74, 6) is -0.231. The van der Waals surface area contributed by atoms with Crippen molar-refractivity contribution in [2.45, 2.75) is 0 Å². The van der Waals surface area contributed by atoms with Crippen molar-refractivity contribution in [1.29, 1.82) is 0 Å². The molecule has 0 aliphatic heterocycles. The number of para-hydroxylation sites is 1. The Bertz CT molecular complexity index is 537. The van der Waals surface area contributed by atoms with E-state index in [4.69, 9.17) is 21.1 Å². The summed E-state index contributed by atoms with van der Waals surface area (Å²) < 4.78 is 23.8. The second kappa shape index (κ2) is 4.97. The monoisotopic (exact) mass is 254 g/mol. The highest BCUT2D eigenvalue weighted by molar-refractivity contribution is 6.29. The van der Waals surface area contributed by atoms with Crippen LogP contribution in [0.15, 0.2) is 30.6 Å². The standard InChI is InChI=1S/C11H8ClFN2O2/c1-16-8-4-2-3-7(13)11(8)17-10-6-14-5-9(12)15-10/h2-6H,1H3. The first kappa shape index (κ1) is 11.6. The minimum Gasteiger partial charge on any atom is -0.493 e. The van der Waals surface area contributed by atoms with Gasteiger partial charge in [0, 0.05) is 0 Å². The maximum absolute atomic E-state index is 13.5. The molecule has 0 bridgehead atoms. The summed E-state index contributed by atoms with van der Waals surface area (Å²) in [7, 11) is 1.42. The summed E-state index contributed by atoms with van der Waals surface area (Å²) in [6.07, 6.45) is 2.69. The van der Waals surface area contributed by atoms with Crippen LogP contribution < -0.4 is 9.47 Å². The van der Waals surface area contributed by atoms with Crippen LogP contribution in [0.5, 0.6) is 17.4 Å². The lowest BCUT2D eigenvalue weighted by molar-refractivity contribution is 0.358. The average molecular weight is 255 g/mol. The molecule has 2 rings (SSSR count). The Morgan fingerprint density at radius 2 is 2.12 bits per heavy atom. The summed E-state index contributed by atoms with van der Waals surface area (Å²) in [6.45, 7) is 0. The number of methoxy groups -OCH3 is 1. The van der Waals surface area contributed by atoms with Gasteiger partial charge in [-0.3, -0.25) is 4.98 Å². The molecule has 0 fully saturated rings. The normalized spacial score (nSPS) is 10.1. The quantitative estimate of drug-likeness (QED) is 0.844. The van der Waals surface area contributed by atoms with Gasteiger partial charge in [0.15, 0.2) is 16.7 Å². The molecule has 0 saturated heterocycles. The van der Waals surface area contributed by atoms with Crippen LogP contribution >= 0.6 is 11.6 Å². The molecule has 88 valence electrons. The smallest absolute Gasteiger partial charge is 0.239 e. The third kappa shape index (κ3) is 2.62. The van der Waals surface area contributed by atoms with Crippen molar-refractivity contribution in [2.75, 3.05) is 7.11 Å². The van der Waals surface area contributed by atoms with Crippen LogP contribution in [0.4, 0.5) is 4.39 Å². The maximum Gasteiger partial charge on any atom is 0.239 e. The van der Waals surface area contributed by atoms with Crippen LogP contribution in [-0.2, 0) is 0 Å². The average Bonchev–Trinajstić information content (AvgIpc) is 2.32. The second-order valence-electron chi connectivity index (χ2n) is 3.05. The number of nitrogens with zero attached hydrogens (tertiary/aromatic N) is 2. The van der Waals surface area contributed by atoms with Crippen molar-refractivity contribution in [3.8, 4) is 17.4 Å². The van der Waals surface area contributed by atoms with Gasteiger partial charge in [-0.15, -0.1) is 0 Å². The molecule has 0 aliphatic rings. The molecule has 6 heteroatoms. The molecule has 0 radical (unpaired) electrons. The van der Waals surface area contributed by atoms with E-state index < -0.39 is 5.82 Å². The molecule has 0 atom stereocenters. The van der Waals surface area contributed by atoms with Crippen molar-refractivity contribution in [3.05, 3.63) is 41.6 Å². The maximum atomic E-state index is 13.5. The highest BCUT2D eigenvalue weighted by Gasteiger charge is 2.12. The van der Waals surface area contributed by atoms with Gasteiger partial charge in [-0.05, 0) is 12.1 Å². The molecule has 17 heavy (non-hydrogen) atoms. The molecule has 0 unspecified atom stereocenters. The van der Waals surface area contributed by atoms with Crippen LogP contribution in [0.3, 0.4) is 0 Å². The first-order valence-corrected chi connectivity index (χ1v) is 5.06. The number of hydrogen-bond donors (Lipinski definition) is 0. The van der Waals surface area contributed by atoms with Gasteiger partial charge in [-0.2, -0.15) is 4.98 Å². The summed E-state index contributed by atoms with van der Waals surface area (Å²) in [5, 5.41) is 0.165. The van der Waals surface area contributed by atoms with E-state index in [1.807, 2.05) is 0 Å². The number of ether oxygens (including phenoxy) is 2. The Balaban J connectivity index is 2.35. The Morgan fingerprint density at radius 3 is 2.82 bits per heavy atom. The molecule has 1 heterocycles. The van der Waals surface area contributed by atoms with E-state index in [-0.39, 0.29) is 22.5 Å². The van der Waals surface area contributed by atoms with E-state index in [0.29, 0.717) is 0 Å². The van der Waals surface area contributed by atoms with E-state index in [0.717, 1.165) is 0 Å². The number of halogens is 2. The second-order valence-corrected chi connectivity index (χ2v) is 3.44. The molecule has 1 aromatic carbocycles. The lowest BCUT2D eigenvalue weighted by Crippen LogP contribution is -1.95. The zero-order valence-electron chi connectivity index (χ0n) is 8.85. The minimum atomic E-state index is -0.550. The van der Waals surface area contributed by atoms with Crippen molar-refractivity contribution >= 4 is 11.6 Å². The predicted molar refractivity (Wildman–Crippen MR) is 60.1 cm³/mol. The Labute approximate surface area is 102 Å². The summed E-state index contributed by atoms with van der Waals surface area (Å²) in [4.78, 5) is 7.63. The van der Waals surface area contributed by atoms with Crippen molar-refractivity contribution in [2.24, 2.45) is 0 Å². The minimum absolute atomic E-state index is 0.0495. The SMILES string of the molecule is COc1cccc(F)c1Oc1cncc(Cl)n1. The zero-order chi connectivity index (χ0) is 12.3. The molecule has 2 aromatic rings. The van der Waals surface area contributed by atoms with Gasteiger partial charge in [0.2, 0.25) is 11.6 Å². The van der Waals surface area contributed by atoms with Crippen LogP contribution in [-0.4, -0.2) is 17.1 Å². The van der Waals surface area contributed by atoms with E-state index in [1.54, 1.807) is 6.07 Å². The largest absolute Gasteiger partial charge is 0.493 e. The van der Waals surface area contributed by atoms with Crippen LogP contribution in [0, 0.1) is 5.82 Å². The van der Waals surface area contributed by atoms with Crippen molar-refractivity contribution < 1.29 is 13.9 Å². The Kier molecular flexibility index (Phi) is 3.39. The van der Waals surface area contributed by atoms with E-state index in [1.165, 1.54) is 31.6 Å². The number of aromatic nitrogens is 2. The molecular formula is C11H8ClFN2O2. The summed E-state index contributed by atoms with van der Waals surface area (Å²) in [6, 6.07) is 4.36. The van der Waals surface area contributed by atoms with E-state index in [2.05, 4.69) is 9.97 Å². The van der Waals surface area contributed by atoms with Gasteiger partial charge >= 0.3 is 0 Å². The van der Waals surface area contributed by atoms with Crippen molar-refractivity contribution in [1.82, 2.24) is 9.97 Å². The van der Waals surface area contributed by atoms with Crippen LogP contribution in [0.1, 0.15) is 0 Å². The molecule has 0 saturated carbocycles. The third-order valence-electron chi connectivity index (χ3n) is 1.94. The van der Waals surface area contributed by atoms with Gasteiger partial charge in [-0.1, -0.05) is 17.7 Å². The predicted octanol–water partition coefficient (Wildman–Crippen LogP) is 3.07.